The molecular weight excluding hydrogens is 490 g/mol. The van der Waals surface area contributed by atoms with Crippen LogP contribution < -0.4 is 10.6 Å². The first-order valence-electron chi connectivity index (χ1n) is 12.0. The zero-order valence-electron chi connectivity index (χ0n) is 19.9. The van der Waals surface area contributed by atoms with E-state index in [9.17, 15) is 14.4 Å². The monoisotopic (exact) mass is 517 g/mol. The van der Waals surface area contributed by atoms with Crippen LogP contribution in [0.4, 0.5) is 5.69 Å². The molecule has 0 bridgehead atoms. The minimum absolute atomic E-state index is 0.175. The van der Waals surface area contributed by atoms with Crippen molar-refractivity contribution in [1.29, 1.82) is 0 Å². The van der Waals surface area contributed by atoms with E-state index in [1.807, 2.05) is 47.5 Å². The fourth-order valence-corrected chi connectivity index (χ4v) is 5.80. The van der Waals surface area contributed by atoms with Gasteiger partial charge in [0.25, 0.3) is 11.8 Å². The van der Waals surface area contributed by atoms with Gasteiger partial charge in [-0.1, -0.05) is 55.5 Å². The van der Waals surface area contributed by atoms with E-state index in [0.717, 1.165) is 22.6 Å². The summed E-state index contributed by atoms with van der Waals surface area (Å²) >= 11 is 3.26. The lowest BCUT2D eigenvalue weighted by Crippen LogP contribution is -2.41. The summed E-state index contributed by atoms with van der Waals surface area (Å²) in [6.45, 7) is 2.46. The number of carbonyl (C=O) groups is 3. The number of thiophene rings is 1. The molecule has 8 heteroatoms. The van der Waals surface area contributed by atoms with Gasteiger partial charge in [0, 0.05) is 18.3 Å². The Morgan fingerprint density at radius 1 is 1.14 bits per heavy atom. The van der Waals surface area contributed by atoms with Crippen molar-refractivity contribution in [2.24, 2.45) is 0 Å². The Hall–Kier alpha value is -3.36. The van der Waals surface area contributed by atoms with Crippen molar-refractivity contribution >= 4 is 58.7 Å². The number of nitrogens with one attached hydrogen (secondary N) is 2. The van der Waals surface area contributed by atoms with Crippen LogP contribution in [0.15, 0.2) is 60.0 Å². The standard InChI is InChI=1S/C28H27N3O3S2/c1-2-35-17-20-9-6-18(7-10-20)5-8-19-11-12-23-22(14-19)28(34)31-16-21(15-24(31)26(32)30-23)29-27(33)25-4-3-13-36-25/h3-14,21,24H,2,15-17H2,1H3,(H,29,33)(H,30,32). The van der Waals surface area contributed by atoms with Crippen LogP contribution in [0.25, 0.3) is 12.2 Å². The van der Waals surface area contributed by atoms with Crippen molar-refractivity contribution in [3.63, 3.8) is 0 Å². The summed E-state index contributed by atoms with van der Waals surface area (Å²) in [6.07, 6.45) is 4.39. The van der Waals surface area contributed by atoms with Gasteiger partial charge in [0.05, 0.1) is 16.1 Å². The van der Waals surface area contributed by atoms with Crippen LogP contribution in [0, 0.1) is 0 Å². The maximum absolute atomic E-state index is 13.5. The van der Waals surface area contributed by atoms with Crippen LogP contribution in [0.2, 0.25) is 0 Å². The first-order chi connectivity index (χ1) is 17.5. The van der Waals surface area contributed by atoms with Crippen molar-refractivity contribution in [3.8, 4) is 0 Å². The lowest BCUT2D eigenvalue weighted by atomic mass is 10.1. The van der Waals surface area contributed by atoms with Gasteiger partial charge in [-0.05, 0) is 52.4 Å². The Morgan fingerprint density at radius 3 is 2.67 bits per heavy atom. The molecule has 1 fully saturated rings. The highest BCUT2D eigenvalue weighted by atomic mass is 32.2. The second-order valence-electron chi connectivity index (χ2n) is 8.86. The topological polar surface area (TPSA) is 78.5 Å². The molecule has 2 aromatic carbocycles. The highest BCUT2D eigenvalue weighted by Crippen LogP contribution is 2.30. The van der Waals surface area contributed by atoms with Gasteiger partial charge in [-0.2, -0.15) is 11.8 Å². The molecule has 0 saturated carbocycles. The summed E-state index contributed by atoms with van der Waals surface area (Å²) in [5, 5.41) is 7.73. The highest BCUT2D eigenvalue weighted by molar-refractivity contribution is 7.98. The van der Waals surface area contributed by atoms with Crippen LogP contribution in [0.5, 0.6) is 0 Å². The average molecular weight is 518 g/mol. The first-order valence-corrected chi connectivity index (χ1v) is 14.0. The molecular formula is C28H27N3O3S2. The molecule has 2 aliphatic heterocycles. The Balaban J connectivity index is 1.31. The number of anilines is 1. The van der Waals surface area contributed by atoms with Crippen LogP contribution in [0.3, 0.4) is 0 Å². The summed E-state index contributed by atoms with van der Waals surface area (Å²) in [6, 6.07) is 16.7. The van der Waals surface area contributed by atoms with Gasteiger partial charge in [0.2, 0.25) is 5.91 Å². The smallest absolute Gasteiger partial charge is 0.261 e. The minimum atomic E-state index is -0.609. The third-order valence-electron chi connectivity index (χ3n) is 6.40. The van der Waals surface area contributed by atoms with E-state index >= 15 is 0 Å². The summed E-state index contributed by atoms with van der Waals surface area (Å²) in [5.74, 6) is 1.51. The van der Waals surface area contributed by atoms with Crippen LogP contribution in [0.1, 0.15) is 50.1 Å². The van der Waals surface area contributed by atoms with Crippen molar-refractivity contribution in [3.05, 3.63) is 87.1 Å². The lowest BCUT2D eigenvalue weighted by molar-refractivity contribution is -0.119. The number of benzene rings is 2. The van der Waals surface area contributed by atoms with Gasteiger partial charge in [-0.15, -0.1) is 11.3 Å². The zero-order chi connectivity index (χ0) is 25.1. The van der Waals surface area contributed by atoms with Crippen molar-refractivity contribution in [1.82, 2.24) is 10.2 Å². The molecule has 6 nitrogen and oxygen atoms in total. The minimum Gasteiger partial charge on any atom is -0.347 e. The predicted molar refractivity (Wildman–Crippen MR) is 147 cm³/mol. The van der Waals surface area contributed by atoms with Crippen molar-refractivity contribution in [2.45, 2.75) is 31.2 Å². The molecule has 1 saturated heterocycles. The Bertz CT molecular complexity index is 1300. The lowest BCUT2D eigenvalue weighted by Gasteiger charge is -2.20. The quantitative estimate of drug-likeness (QED) is 0.426. The van der Waals surface area contributed by atoms with E-state index in [0.29, 0.717) is 29.1 Å². The molecule has 0 spiro atoms. The first kappa shape index (κ1) is 24.3. The van der Waals surface area contributed by atoms with E-state index in [1.165, 1.54) is 16.9 Å². The molecule has 2 unspecified atom stereocenters. The number of nitrogens with zero attached hydrogens (tertiary/aromatic N) is 1. The molecule has 1 aromatic heterocycles. The number of carbonyl (C=O) groups excluding carboxylic acids is 3. The summed E-state index contributed by atoms with van der Waals surface area (Å²) < 4.78 is 0. The van der Waals surface area contributed by atoms with Gasteiger partial charge in [-0.3, -0.25) is 14.4 Å². The van der Waals surface area contributed by atoms with E-state index in [-0.39, 0.29) is 23.8 Å². The second-order valence-corrected chi connectivity index (χ2v) is 11.1. The fourth-order valence-electron chi connectivity index (χ4n) is 4.54. The average Bonchev–Trinajstić information content (AvgIpc) is 3.56. The molecule has 3 amide bonds. The molecule has 36 heavy (non-hydrogen) atoms. The molecule has 3 aromatic rings. The van der Waals surface area contributed by atoms with Gasteiger partial charge in [0.1, 0.15) is 6.04 Å². The van der Waals surface area contributed by atoms with Gasteiger partial charge < -0.3 is 15.5 Å². The number of amides is 3. The summed E-state index contributed by atoms with van der Waals surface area (Å²) in [7, 11) is 0. The molecule has 184 valence electrons. The van der Waals surface area contributed by atoms with Crippen LogP contribution >= 0.6 is 23.1 Å². The van der Waals surface area contributed by atoms with E-state index in [2.05, 4.69) is 41.8 Å². The summed E-state index contributed by atoms with van der Waals surface area (Å²) in [5.41, 5.74) is 4.25. The molecule has 3 heterocycles. The second kappa shape index (κ2) is 10.7. The number of fused-ring (bicyclic) bond motifs is 2. The number of hydrogen-bond acceptors (Lipinski definition) is 5. The van der Waals surface area contributed by atoms with E-state index < -0.39 is 6.04 Å². The number of rotatable bonds is 7. The SMILES string of the molecule is CCSCc1ccc(C=Cc2ccc3c(c2)C(=O)N2CC(NC(=O)c4cccs4)CC2C(=O)N3)cc1. The predicted octanol–water partition coefficient (Wildman–Crippen LogP) is 5.14. The Labute approximate surface area is 218 Å². The van der Waals surface area contributed by atoms with Gasteiger partial charge in [-0.25, -0.2) is 0 Å². The van der Waals surface area contributed by atoms with Gasteiger partial charge in [0.15, 0.2) is 0 Å². The summed E-state index contributed by atoms with van der Waals surface area (Å²) in [4.78, 5) is 41.1. The zero-order valence-corrected chi connectivity index (χ0v) is 21.5. The van der Waals surface area contributed by atoms with E-state index in [4.69, 9.17) is 0 Å². The Morgan fingerprint density at radius 2 is 1.92 bits per heavy atom. The van der Waals surface area contributed by atoms with Crippen molar-refractivity contribution in [2.75, 3.05) is 17.6 Å². The maximum atomic E-state index is 13.5. The maximum Gasteiger partial charge on any atom is 0.261 e. The van der Waals surface area contributed by atoms with Crippen LogP contribution in [-0.4, -0.2) is 47.0 Å². The number of hydrogen-bond donors (Lipinski definition) is 2. The van der Waals surface area contributed by atoms with Gasteiger partial charge >= 0.3 is 0 Å². The third-order valence-corrected chi connectivity index (χ3v) is 8.21. The highest BCUT2D eigenvalue weighted by Gasteiger charge is 2.43. The molecule has 5 rings (SSSR count). The largest absolute Gasteiger partial charge is 0.347 e. The molecule has 2 N–H and O–H groups in total. The normalized spacial score (nSPS) is 19.1. The van der Waals surface area contributed by atoms with E-state index in [1.54, 1.807) is 17.0 Å². The van der Waals surface area contributed by atoms with Crippen LogP contribution in [-0.2, 0) is 10.5 Å². The molecule has 0 aliphatic carbocycles. The van der Waals surface area contributed by atoms with Crippen molar-refractivity contribution < 1.29 is 14.4 Å². The Kier molecular flexibility index (Phi) is 7.25. The molecule has 2 aliphatic rings. The fraction of sp³-hybridized carbons (Fsp3) is 0.250. The molecule has 0 radical (unpaired) electrons. The third kappa shape index (κ3) is 5.24. The number of thioether (sulfide) groups is 1. The molecule has 2 atom stereocenters.